The average Bonchev–Trinajstić information content (AvgIpc) is 3.39. The van der Waals surface area contributed by atoms with E-state index in [4.69, 9.17) is 9.47 Å². The number of hydrogen-bond donors (Lipinski definition) is 1. The number of piperazine rings is 1. The van der Waals surface area contributed by atoms with E-state index in [1.807, 2.05) is 28.6 Å². The molecule has 0 aliphatic carbocycles. The second-order valence-electron chi connectivity index (χ2n) is 10.8. The van der Waals surface area contributed by atoms with E-state index in [2.05, 4.69) is 15.0 Å². The van der Waals surface area contributed by atoms with Gasteiger partial charge in [-0.2, -0.15) is 5.10 Å². The first kappa shape index (κ1) is 24.6. The third-order valence-corrected chi connectivity index (χ3v) is 8.53. The number of rotatable bonds is 5. The van der Waals surface area contributed by atoms with Gasteiger partial charge in [-0.05, 0) is 69.2 Å². The fraction of sp³-hybridized carbons (Fsp3) is 0.607. The summed E-state index contributed by atoms with van der Waals surface area (Å²) in [5.41, 5.74) is 3.01. The number of pyridine rings is 1. The molecule has 3 saturated heterocycles. The number of benzene rings is 1. The summed E-state index contributed by atoms with van der Waals surface area (Å²) in [5.74, 6) is 0.839. The number of carbonyl (C=O) groups is 1. The SMILES string of the molecule is Cc1cc2[nH]c(=O)c3cnn(C4CCOCC4)c3c2cc1C(=O)N1CCN(CCC2CCOCC2)CC1. The van der Waals surface area contributed by atoms with Crippen molar-refractivity contribution in [1.29, 1.82) is 0 Å². The van der Waals surface area contributed by atoms with Crippen molar-refractivity contribution in [3.8, 4) is 0 Å². The van der Waals surface area contributed by atoms with Crippen molar-refractivity contribution < 1.29 is 14.3 Å². The van der Waals surface area contributed by atoms with Crippen LogP contribution >= 0.6 is 0 Å². The molecule has 37 heavy (non-hydrogen) atoms. The molecule has 1 N–H and O–H groups in total. The fourth-order valence-corrected chi connectivity index (χ4v) is 6.18. The van der Waals surface area contributed by atoms with Crippen molar-refractivity contribution >= 4 is 27.7 Å². The van der Waals surface area contributed by atoms with Gasteiger partial charge in [0, 0.05) is 63.6 Å². The lowest BCUT2D eigenvalue weighted by Crippen LogP contribution is -2.49. The van der Waals surface area contributed by atoms with Crippen LogP contribution in [0.2, 0.25) is 0 Å². The summed E-state index contributed by atoms with van der Waals surface area (Å²) in [5, 5.41) is 6.06. The molecule has 3 aliphatic heterocycles. The second kappa shape index (κ2) is 10.6. The Hall–Kier alpha value is -2.75. The number of nitrogens with zero attached hydrogens (tertiary/aromatic N) is 4. The van der Waals surface area contributed by atoms with Gasteiger partial charge in [0.15, 0.2) is 0 Å². The molecule has 0 spiro atoms. The highest BCUT2D eigenvalue weighted by atomic mass is 16.5. The van der Waals surface area contributed by atoms with Gasteiger partial charge in [0.2, 0.25) is 0 Å². The van der Waals surface area contributed by atoms with E-state index in [-0.39, 0.29) is 17.5 Å². The third kappa shape index (κ3) is 4.92. The summed E-state index contributed by atoms with van der Waals surface area (Å²) in [7, 11) is 0. The standard InChI is InChI=1S/C28H37N5O4/c1-19-16-25-23(26-24(27(34)30-25)18-29-33(26)21-5-14-37-15-6-21)17-22(19)28(35)32-10-8-31(9-11-32)7-2-20-3-12-36-13-4-20/h16-18,20-21H,2-15H2,1H3,(H,30,34). The van der Waals surface area contributed by atoms with Crippen molar-refractivity contribution in [2.75, 3.05) is 59.2 Å². The lowest BCUT2D eigenvalue weighted by atomic mass is 9.96. The Balaban J connectivity index is 1.23. The number of aromatic nitrogens is 3. The van der Waals surface area contributed by atoms with Crippen LogP contribution in [-0.4, -0.2) is 89.6 Å². The molecule has 9 heteroatoms. The van der Waals surface area contributed by atoms with Gasteiger partial charge in [0.25, 0.3) is 11.5 Å². The Kier molecular flexibility index (Phi) is 7.01. The van der Waals surface area contributed by atoms with E-state index in [1.54, 1.807) is 6.20 Å². The molecule has 0 unspecified atom stereocenters. The Morgan fingerprint density at radius 3 is 2.43 bits per heavy atom. The molecular weight excluding hydrogens is 470 g/mol. The predicted molar refractivity (Wildman–Crippen MR) is 142 cm³/mol. The number of aromatic amines is 1. The van der Waals surface area contributed by atoms with Crippen molar-refractivity contribution in [2.45, 2.75) is 45.1 Å². The number of hydrogen-bond acceptors (Lipinski definition) is 6. The highest BCUT2D eigenvalue weighted by Gasteiger charge is 2.26. The van der Waals surface area contributed by atoms with Crippen molar-refractivity contribution in [3.05, 3.63) is 39.8 Å². The van der Waals surface area contributed by atoms with E-state index in [0.29, 0.717) is 24.2 Å². The lowest BCUT2D eigenvalue weighted by molar-refractivity contribution is 0.0517. The number of carbonyl (C=O) groups excluding carboxylic acids is 1. The summed E-state index contributed by atoms with van der Waals surface area (Å²) in [6.45, 7) is 9.54. The van der Waals surface area contributed by atoms with Crippen LogP contribution in [-0.2, 0) is 9.47 Å². The summed E-state index contributed by atoms with van der Waals surface area (Å²) in [4.78, 5) is 34.0. The van der Waals surface area contributed by atoms with Gasteiger partial charge in [-0.25, -0.2) is 0 Å². The van der Waals surface area contributed by atoms with E-state index >= 15 is 0 Å². The van der Waals surface area contributed by atoms with Crippen LogP contribution < -0.4 is 5.56 Å². The van der Waals surface area contributed by atoms with Gasteiger partial charge < -0.3 is 19.4 Å². The minimum absolute atomic E-state index is 0.0694. The zero-order valence-electron chi connectivity index (χ0n) is 21.7. The highest BCUT2D eigenvalue weighted by Crippen LogP contribution is 2.30. The first-order valence-corrected chi connectivity index (χ1v) is 13.8. The number of fused-ring (bicyclic) bond motifs is 3. The molecule has 0 atom stereocenters. The van der Waals surface area contributed by atoms with Crippen molar-refractivity contribution in [1.82, 2.24) is 24.6 Å². The first-order chi connectivity index (χ1) is 18.1. The summed E-state index contributed by atoms with van der Waals surface area (Å²) in [6.07, 6.45) is 6.94. The van der Waals surface area contributed by atoms with Gasteiger partial charge in [-0.15, -0.1) is 0 Å². The smallest absolute Gasteiger partial charge is 0.259 e. The Labute approximate surface area is 216 Å². The third-order valence-electron chi connectivity index (χ3n) is 8.53. The quantitative estimate of drug-likeness (QED) is 0.571. The van der Waals surface area contributed by atoms with Gasteiger partial charge in [-0.3, -0.25) is 19.2 Å². The molecule has 3 fully saturated rings. The normalized spacial score (nSPS) is 20.7. The molecule has 1 amide bonds. The summed E-state index contributed by atoms with van der Waals surface area (Å²) in [6, 6.07) is 4.10. The Morgan fingerprint density at radius 1 is 1.00 bits per heavy atom. The Bertz CT molecular complexity index is 1330. The molecule has 2 aromatic heterocycles. The fourth-order valence-electron chi connectivity index (χ4n) is 6.18. The summed E-state index contributed by atoms with van der Waals surface area (Å²) < 4.78 is 13.0. The molecule has 5 heterocycles. The van der Waals surface area contributed by atoms with Crippen LogP contribution in [0.5, 0.6) is 0 Å². The maximum Gasteiger partial charge on any atom is 0.259 e. The van der Waals surface area contributed by atoms with E-state index < -0.39 is 0 Å². The number of aryl methyl sites for hydroxylation is 1. The van der Waals surface area contributed by atoms with E-state index in [0.717, 1.165) is 86.7 Å². The van der Waals surface area contributed by atoms with Crippen LogP contribution in [0, 0.1) is 12.8 Å². The van der Waals surface area contributed by atoms with Gasteiger partial charge >= 0.3 is 0 Å². The molecule has 0 bridgehead atoms. The maximum atomic E-state index is 13.7. The minimum atomic E-state index is -0.142. The van der Waals surface area contributed by atoms with Crippen LogP contribution in [0.3, 0.4) is 0 Å². The number of ether oxygens (including phenoxy) is 2. The van der Waals surface area contributed by atoms with Crippen molar-refractivity contribution in [3.63, 3.8) is 0 Å². The minimum Gasteiger partial charge on any atom is -0.381 e. The highest BCUT2D eigenvalue weighted by molar-refractivity contribution is 6.07. The van der Waals surface area contributed by atoms with Crippen LogP contribution in [0.15, 0.2) is 23.1 Å². The molecule has 9 nitrogen and oxygen atoms in total. The largest absolute Gasteiger partial charge is 0.381 e. The summed E-state index contributed by atoms with van der Waals surface area (Å²) >= 11 is 0. The van der Waals surface area contributed by atoms with E-state index in [9.17, 15) is 9.59 Å². The molecule has 0 radical (unpaired) electrons. The first-order valence-electron chi connectivity index (χ1n) is 13.8. The predicted octanol–water partition coefficient (Wildman–Crippen LogP) is 3.11. The zero-order valence-corrected chi connectivity index (χ0v) is 21.7. The van der Waals surface area contributed by atoms with Crippen LogP contribution in [0.1, 0.15) is 54.1 Å². The Morgan fingerprint density at radius 2 is 1.70 bits per heavy atom. The van der Waals surface area contributed by atoms with Crippen LogP contribution in [0.25, 0.3) is 21.8 Å². The molecule has 3 aromatic rings. The topological polar surface area (TPSA) is 92.7 Å². The molecule has 6 rings (SSSR count). The average molecular weight is 508 g/mol. The molecule has 198 valence electrons. The van der Waals surface area contributed by atoms with E-state index in [1.165, 1.54) is 19.3 Å². The molecule has 0 saturated carbocycles. The maximum absolute atomic E-state index is 13.7. The van der Waals surface area contributed by atoms with Gasteiger partial charge in [0.05, 0.1) is 28.7 Å². The monoisotopic (exact) mass is 507 g/mol. The van der Waals surface area contributed by atoms with Gasteiger partial charge in [-0.1, -0.05) is 0 Å². The molecule has 1 aromatic carbocycles. The zero-order chi connectivity index (χ0) is 25.4. The molecular formula is C28H37N5O4. The number of H-pyrrole nitrogens is 1. The molecule has 3 aliphatic rings. The van der Waals surface area contributed by atoms with Crippen LogP contribution in [0.4, 0.5) is 0 Å². The lowest BCUT2D eigenvalue weighted by Gasteiger charge is -2.36. The number of amides is 1. The number of nitrogens with one attached hydrogen (secondary N) is 1. The van der Waals surface area contributed by atoms with Gasteiger partial charge in [0.1, 0.15) is 0 Å². The second-order valence-corrected chi connectivity index (χ2v) is 10.8. The van der Waals surface area contributed by atoms with Crippen molar-refractivity contribution in [2.24, 2.45) is 5.92 Å².